The molecule has 0 aliphatic heterocycles. The summed E-state index contributed by atoms with van der Waals surface area (Å²) in [6.07, 6.45) is 2.02. The molecule has 5 heteroatoms. The molecule has 0 rings (SSSR count). The predicted molar refractivity (Wildman–Crippen MR) is 53.7 cm³/mol. The summed E-state index contributed by atoms with van der Waals surface area (Å²) >= 11 is 0. The third-order valence-corrected chi connectivity index (χ3v) is 1.86. The van der Waals surface area contributed by atoms with Crippen molar-refractivity contribution in [3.8, 4) is 0 Å². The van der Waals surface area contributed by atoms with E-state index in [1.807, 2.05) is 0 Å². The quantitative estimate of drug-likeness (QED) is 0.404. The van der Waals surface area contributed by atoms with Crippen molar-refractivity contribution in [3.05, 3.63) is 0 Å². The van der Waals surface area contributed by atoms with Gasteiger partial charge in [0.2, 0.25) is 5.91 Å². The molecule has 84 valence electrons. The molecule has 0 aliphatic rings. The van der Waals surface area contributed by atoms with Crippen LogP contribution in [0.25, 0.3) is 0 Å². The highest BCUT2D eigenvalue weighted by atomic mass is 16.7. The van der Waals surface area contributed by atoms with Crippen LogP contribution in [0.4, 0.5) is 0 Å². The van der Waals surface area contributed by atoms with Crippen LogP contribution in [0.15, 0.2) is 0 Å². The van der Waals surface area contributed by atoms with Gasteiger partial charge in [0.15, 0.2) is 6.29 Å². The maximum Gasteiger partial charge on any atom is 0.217 e. The number of hydrogen-bond donors (Lipinski definition) is 2. The molecule has 0 radical (unpaired) electrons. The van der Waals surface area contributed by atoms with Gasteiger partial charge in [0.05, 0.1) is 0 Å². The Morgan fingerprint density at radius 3 is 2.50 bits per heavy atom. The number of carbonyl (C=O) groups is 1. The summed E-state index contributed by atoms with van der Waals surface area (Å²) in [6, 6.07) is 0. The van der Waals surface area contributed by atoms with Crippen molar-refractivity contribution in [2.24, 2.45) is 5.73 Å². The summed E-state index contributed by atoms with van der Waals surface area (Å²) in [5, 5.41) is 3.16. The summed E-state index contributed by atoms with van der Waals surface area (Å²) in [5.74, 6) is -0.239. The van der Waals surface area contributed by atoms with Crippen LogP contribution in [0.2, 0.25) is 0 Å². The number of methoxy groups -OCH3 is 2. The third-order valence-electron chi connectivity index (χ3n) is 1.86. The van der Waals surface area contributed by atoms with Crippen molar-refractivity contribution >= 4 is 5.91 Å². The van der Waals surface area contributed by atoms with E-state index in [2.05, 4.69) is 5.32 Å². The van der Waals surface area contributed by atoms with Crippen LogP contribution in [-0.4, -0.2) is 39.5 Å². The average Bonchev–Trinajstić information content (AvgIpc) is 2.16. The lowest BCUT2D eigenvalue weighted by molar-refractivity contribution is -0.118. The monoisotopic (exact) mass is 204 g/mol. The van der Waals surface area contributed by atoms with E-state index in [0.717, 1.165) is 19.4 Å². The molecule has 0 heterocycles. The second-order valence-electron chi connectivity index (χ2n) is 3.03. The van der Waals surface area contributed by atoms with E-state index in [9.17, 15) is 4.79 Å². The second kappa shape index (κ2) is 8.93. The number of hydrogen-bond acceptors (Lipinski definition) is 4. The number of primary amides is 1. The number of rotatable bonds is 9. The average molecular weight is 204 g/mol. The molecule has 3 N–H and O–H groups in total. The fourth-order valence-corrected chi connectivity index (χ4v) is 1.03. The number of unbranched alkanes of at least 4 members (excludes halogenated alkanes) is 1. The molecule has 1 amide bonds. The SMILES string of the molecule is COC(CNCCCCC(N)=O)OC. The normalized spacial score (nSPS) is 10.8. The summed E-state index contributed by atoms with van der Waals surface area (Å²) < 4.78 is 9.97. The van der Waals surface area contributed by atoms with E-state index in [0.29, 0.717) is 13.0 Å². The van der Waals surface area contributed by atoms with Crippen molar-refractivity contribution in [1.29, 1.82) is 0 Å². The lowest BCUT2D eigenvalue weighted by atomic mass is 10.2. The summed E-state index contributed by atoms with van der Waals surface area (Å²) in [4.78, 5) is 10.4. The number of carbonyl (C=O) groups excluding carboxylic acids is 1. The lowest BCUT2D eigenvalue weighted by Gasteiger charge is -2.13. The first-order chi connectivity index (χ1) is 6.70. The minimum atomic E-state index is -0.239. The van der Waals surface area contributed by atoms with Crippen LogP contribution in [0.5, 0.6) is 0 Å². The van der Waals surface area contributed by atoms with Gasteiger partial charge >= 0.3 is 0 Å². The number of nitrogens with two attached hydrogens (primary N) is 1. The smallest absolute Gasteiger partial charge is 0.217 e. The van der Waals surface area contributed by atoms with Crippen LogP contribution in [0, 0.1) is 0 Å². The Balaban J connectivity index is 3.16. The standard InChI is InChI=1S/C9H20N2O3/c1-13-9(14-2)7-11-6-4-3-5-8(10)12/h9,11H,3-7H2,1-2H3,(H2,10,12). The van der Waals surface area contributed by atoms with Gasteiger partial charge in [0, 0.05) is 27.2 Å². The van der Waals surface area contributed by atoms with E-state index in [1.165, 1.54) is 0 Å². The van der Waals surface area contributed by atoms with Gasteiger partial charge in [-0.1, -0.05) is 0 Å². The van der Waals surface area contributed by atoms with Gasteiger partial charge in [0.25, 0.3) is 0 Å². The van der Waals surface area contributed by atoms with Gasteiger partial charge in [-0.25, -0.2) is 0 Å². The Bertz CT molecular complexity index is 149. The van der Waals surface area contributed by atoms with E-state index in [4.69, 9.17) is 15.2 Å². The summed E-state index contributed by atoms with van der Waals surface area (Å²) in [5.41, 5.74) is 5.00. The molecular formula is C9H20N2O3. The maximum absolute atomic E-state index is 10.4. The lowest BCUT2D eigenvalue weighted by Crippen LogP contribution is -2.30. The summed E-state index contributed by atoms with van der Waals surface area (Å²) in [7, 11) is 3.20. The topological polar surface area (TPSA) is 73.6 Å². The number of amides is 1. The Morgan fingerprint density at radius 2 is 2.00 bits per heavy atom. The van der Waals surface area contributed by atoms with Crippen LogP contribution in [-0.2, 0) is 14.3 Å². The molecule has 0 spiro atoms. The highest BCUT2D eigenvalue weighted by Crippen LogP contribution is 1.93. The summed E-state index contributed by atoms with van der Waals surface area (Å²) in [6.45, 7) is 1.50. The van der Waals surface area contributed by atoms with Crippen molar-refractivity contribution in [3.63, 3.8) is 0 Å². The molecule has 14 heavy (non-hydrogen) atoms. The molecule has 0 aromatic rings. The second-order valence-corrected chi connectivity index (χ2v) is 3.03. The van der Waals surface area contributed by atoms with Crippen molar-refractivity contribution in [1.82, 2.24) is 5.32 Å². The fourth-order valence-electron chi connectivity index (χ4n) is 1.03. The first-order valence-electron chi connectivity index (χ1n) is 4.75. The van der Waals surface area contributed by atoms with Gasteiger partial charge in [-0.2, -0.15) is 0 Å². The van der Waals surface area contributed by atoms with Gasteiger partial charge < -0.3 is 20.5 Å². The van der Waals surface area contributed by atoms with E-state index >= 15 is 0 Å². The number of ether oxygens (including phenoxy) is 2. The zero-order valence-corrected chi connectivity index (χ0v) is 8.91. The minimum Gasteiger partial charge on any atom is -0.370 e. The third kappa shape index (κ3) is 7.97. The van der Waals surface area contributed by atoms with E-state index < -0.39 is 0 Å². The number of nitrogens with one attached hydrogen (secondary N) is 1. The Hall–Kier alpha value is -0.650. The van der Waals surface area contributed by atoms with Gasteiger partial charge in [-0.05, 0) is 19.4 Å². The molecule has 0 atom stereocenters. The van der Waals surface area contributed by atoms with Gasteiger partial charge in [-0.15, -0.1) is 0 Å². The fraction of sp³-hybridized carbons (Fsp3) is 0.889. The van der Waals surface area contributed by atoms with E-state index in [1.54, 1.807) is 14.2 Å². The molecular weight excluding hydrogens is 184 g/mol. The van der Waals surface area contributed by atoms with E-state index in [-0.39, 0.29) is 12.2 Å². The van der Waals surface area contributed by atoms with Gasteiger partial charge in [-0.3, -0.25) is 4.79 Å². The molecule has 0 fully saturated rings. The Labute approximate surface area is 84.9 Å². The molecule has 0 aromatic carbocycles. The first-order valence-corrected chi connectivity index (χ1v) is 4.75. The molecule has 0 unspecified atom stereocenters. The minimum absolute atomic E-state index is 0.203. The molecule has 5 nitrogen and oxygen atoms in total. The Morgan fingerprint density at radius 1 is 1.36 bits per heavy atom. The largest absolute Gasteiger partial charge is 0.370 e. The van der Waals surface area contributed by atoms with Crippen LogP contribution in [0.1, 0.15) is 19.3 Å². The maximum atomic E-state index is 10.4. The highest BCUT2D eigenvalue weighted by molar-refractivity contribution is 5.73. The van der Waals surface area contributed by atoms with Gasteiger partial charge in [0.1, 0.15) is 0 Å². The van der Waals surface area contributed by atoms with Crippen LogP contribution < -0.4 is 11.1 Å². The zero-order chi connectivity index (χ0) is 10.8. The van der Waals surface area contributed by atoms with Crippen LogP contribution in [0.3, 0.4) is 0 Å². The van der Waals surface area contributed by atoms with Crippen molar-refractivity contribution in [2.75, 3.05) is 27.3 Å². The van der Waals surface area contributed by atoms with Crippen LogP contribution >= 0.6 is 0 Å². The molecule has 0 aliphatic carbocycles. The first kappa shape index (κ1) is 13.4. The molecule has 0 saturated heterocycles. The van der Waals surface area contributed by atoms with Crippen molar-refractivity contribution < 1.29 is 14.3 Å². The highest BCUT2D eigenvalue weighted by Gasteiger charge is 2.02. The van der Waals surface area contributed by atoms with Crippen molar-refractivity contribution in [2.45, 2.75) is 25.6 Å². The predicted octanol–water partition coefficient (Wildman–Crippen LogP) is -0.149. The molecule has 0 aromatic heterocycles. The Kier molecular flexibility index (Phi) is 8.51. The zero-order valence-electron chi connectivity index (χ0n) is 8.91. The molecule has 0 bridgehead atoms. The molecule has 0 saturated carbocycles.